The summed E-state index contributed by atoms with van der Waals surface area (Å²) in [5, 5.41) is 0.858. The van der Waals surface area contributed by atoms with Gasteiger partial charge in [0.25, 0.3) is 5.56 Å². The lowest BCUT2D eigenvalue weighted by Gasteiger charge is -1.93. The molecule has 0 amide bonds. The number of benzene rings is 2. The molecule has 0 saturated heterocycles. The summed E-state index contributed by atoms with van der Waals surface area (Å²) in [7, 11) is 0. The average molecular weight is 271 g/mol. The van der Waals surface area contributed by atoms with Crippen LogP contribution in [0.25, 0.3) is 22.2 Å². The third-order valence-electron chi connectivity index (χ3n) is 2.74. The molecule has 0 radical (unpaired) electrons. The second kappa shape index (κ2) is 5.59. The van der Waals surface area contributed by atoms with Crippen LogP contribution in [0.2, 0.25) is 0 Å². The number of aromatic nitrogens is 2. The van der Waals surface area contributed by atoms with Gasteiger partial charge < -0.3 is 0 Å². The van der Waals surface area contributed by atoms with E-state index in [1.54, 1.807) is 6.20 Å². The van der Waals surface area contributed by atoms with Gasteiger partial charge >= 0.3 is 0 Å². The van der Waals surface area contributed by atoms with Crippen molar-refractivity contribution in [2.45, 2.75) is 0 Å². The van der Waals surface area contributed by atoms with E-state index in [-0.39, 0.29) is 18.0 Å². The monoisotopic (exact) mass is 270 g/mol. The van der Waals surface area contributed by atoms with Crippen LogP contribution in [0, 0.1) is 0 Å². The molecule has 0 bridgehead atoms. The Morgan fingerprint density at radius 3 is 2.32 bits per heavy atom. The SMILES string of the molecule is Cl.O=c1nc2ccccc2cnc1-c1ccccc1. The summed E-state index contributed by atoms with van der Waals surface area (Å²) in [6, 6.07) is 16.8. The summed E-state index contributed by atoms with van der Waals surface area (Å²) in [5.41, 5.74) is 1.53. The zero-order valence-corrected chi connectivity index (χ0v) is 10.8. The van der Waals surface area contributed by atoms with Crippen LogP contribution in [-0.4, -0.2) is 9.97 Å². The van der Waals surface area contributed by atoms with Gasteiger partial charge in [-0.3, -0.25) is 4.79 Å². The van der Waals surface area contributed by atoms with Crippen LogP contribution in [0.3, 0.4) is 0 Å². The maximum Gasteiger partial charge on any atom is 0.296 e. The molecule has 0 N–H and O–H groups in total. The highest BCUT2D eigenvalue weighted by molar-refractivity contribution is 5.85. The lowest BCUT2D eigenvalue weighted by atomic mass is 10.2. The summed E-state index contributed by atoms with van der Waals surface area (Å²) < 4.78 is 0. The molecule has 0 fully saturated rings. The predicted molar refractivity (Wildman–Crippen MR) is 78.5 cm³/mol. The first-order valence-electron chi connectivity index (χ1n) is 5.66. The molecule has 1 heterocycles. The van der Waals surface area contributed by atoms with Gasteiger partial charge in [-0.1, -0.05) is 48.5 Å². The molecule has 0 aliphatic carbocycles. The highest BCUT2D eigenvalue weighted by Crippen LogP contribution is 2.13. The van der Waals surface area contributed by atoms with E-state index in [4.69, 9.17) is 0 Å². The number of rotatable bonds is 1. The van der Waals surface area contributed by atoms with Crippen molar-refractivity contribution < 1.29 is 0 Å². The van der Waals surface area contributed by atoms with E-state index < -0.39 is 0 Å². The third-order valence-corrected chi connectivity index (χ3v) is 2.74. The minimum Gasteiger partial charge on any atom is -0.265 e. The minimum absolute atomic E-state index is 0. The maximum atomic E-state index is 12.1. The van der Waals surface area contributed by atoms with Crippen LogP contribution < -0.4 is 5.56 Å². The second-order valence-electron chi connectivity index (χ2n) is 3.95. The maximum absolute atomic E-state index is 12.1. The summed E-state index contributed by atoms with van der Waals surface area (Å²) in [4.78, 5) is 20.4. The molecule has 1 aromatic heterocycles. The number of para-hydroxylation sites is 1. The first-order valence-corrected chi connectivity index (χ1v) is 5.66. The smallest absolute Gasteiger partial charge is 0.265 e. The molecule has 0 aliphatic heterocycles. The number of hydrogen-bond donors (Lipinski definition) is 0. The van der Waals surface area contributed by atoms with Gasteiger partial charge in [-0.05, 0) is 6.07 Å². The van der Waals surface area contributed by atoms with Crippen molar-refractivity contribution >= 4 is 23.3 Å². The molecule has 0 unspecified atom stereocenters. The molecule has 0 aliphatic rings. The summed E-state index contributed by atoms with van der Waals surface area (Å²) in [5.74, 6) is 0. The van der Waals surface area contributed by atoms with Crippen LogP contribution in [0.5, 0.6) is 0 Å². The van der Waals surface area contributed by atoms with Crippen LogP contribution in [0.4, 0.5) is 0 Å². The van der Waals surface area contributed by atoms with Gasteiger partial charge in [0.15, 0.2) is 0 Å². The number of fused-ring (bicyclic) bond motifs is 1. The van der Waals surface area contributed by atoms with Gasteiger partial charge in [0, 0.05) is 17.1 Å². The topological polar surface area (TPSA) is 42.9 Å². The van der Waals surface area contributed by atoms with Crippen LogP contribution in [0.1, 0.15) is 0 Å². The van der Waals surface area contributed by atoms with Crippen molar-refractivity contribution in [3.63, 3.8) is 0 Å². The third kappa shape index (κ3) is 2.61. The standard InChI is InChI=1S/C15H10N2O.ClH/c18-15-14(11-6-2-1-3-7-11)16-10-12-8-4-5-9-13(12)17-15;/h1-10H;1H. The summed E-state index contributed by atoms with van der Waals surface area (Å²) >= 11 is 0. The normalized spacial score (nSPS) is 9.89. The van der Waals surface area contributed by atoms with Crippen LogP contribution >= 0.6 is 12.4 Å². The first-order chi connectivity index (χ1) is 8.84. The average Bonchev–Trinajstić information content (AvgIpc) is 2.58. The van der Waals surface area contributed by atoms with Crippen molar-refractivity contribution in [3.8, 4) is 11.3 Å². The lowest BCUT2D eigenvalue weighted by Crippen LogP contribution is -2.06. The van der Waals surface area contributed by atoms with E-state index >= 15 is 0 Å². The summed E-state index contributed by atoms with van der Waals surface area (Å²) in [6.45, 7) is 0. The number of hydrogen-bond acceptors (Lipinski definition) is 3. The first kappa shape index (κ1) is 13.2. The molecular formula is C15H11ClN2O. The van der Waals surface area contributed by atoms with Gasteiger partial charge in [-0.15, -0.1) is 12.4 Å². The lowest BCUT2D eigenvalue weighted by molar-refractivity contribution is 1.26. The second-order valence-corrected chi connectivity index (χ2v) is 3.95. The highest BCUT2D eigenvalue weighted by atomic mass is 35.5. The number of nitrogens with zero attached hydrogens (tertiary/aromatic N) is 2. The zero-order valence-electron chi connectivity index (χ0n) is 9.98. The molecule has 0 saturated carbocycles. The molecule has 3 aromatic rings. The van der Waals surface area contributed by atoms with E-state index in [2.05, 4.69) is 9.97 Å². The van der Waals surface area contributed by atoms with Gasteiger partial charge in [-0.25, -0.2) is 9.97 Å². The van der Waals surface area contributed by atoms with Gasteiger partial charge in [0.1, 0.15) is 5.69 Å². The Labute approximate surface area is 116 Å². The molecule has 19 heavy (non-hydrogen) atoms. The fourth-order valence-electron chi connectivity index (χ4n) is 1.84. The highest BCUT2D eigenvalue weighted by Gasteiger charge is 2.04. The Hall–Kier alpha value is -2.26. The van der Waals surface area contributed by atoms with E-state index in [1.165, 1.54) is 0 Å². The van der Waals surface area contributed by atoms with E-state index in [0.717, 1.165) is 10.9 Å². The Bertz CT molecular complexity index is 760. The quantitative estimate of drug-likeness (QED) is 0.682. The Balaban J connectivity index is 0.00000133. The van der Waals surface area contributed by atoms with E-state index in [0.29, 0.717) is 11.2 Å². The van der Waals surface area contributed by atoms with Gasteiger partial charge in [-0.2, -0.15) is 0 Å². The Morgan fingerprint density at radius 2 is 1.53 bits per heavy atom. The molecule has 0 atom stereocenters. The van der Waals surface area contributed by atoms with Gasteiger partial charge in [0.2, 0.25) is 0 Å². The Kier molecular flexibility index (Phi) is 3.88. The molecule has 3 nitrogen and oxygen atoms in total. The molecular weight excluding hydrogens is 260 g/mol. The Morgan fingerprint density at radius 1 is 0.842 bits per heavy atom. The van der Waals surface area contributed by atoms with Crippen molar-refractivity contribution in [2.75, 3.05) is 0 Å². The van der Waals surface area contributed by atoms with Crippen molar-refractivity contribution in [1.29, 1.82) is 0 Å². The van der Waals surface area contributed by atoms with Crippen molar-refractivity contribution in [2.24, 2.45) is 0 Å². The minimum atomic E-state index is -0.303. The molecule has 2 aromatic carbocycles. The van der Waals surface area contributed by atoms with Crippen molar-refractivity contribution in [3.05, 3.63) is 71.1 Å². The fraction of sp³-hybridized carbons (Fsp3) is 0. The van der Waals surface area contributed by atoms with Crippen LogP contribution in [-0.2, 0) is 0 Å². The molecule has 3 rings (SSSR count). The fourth-order valence-corrected chi connectivity index (χ4v) is 1.84. The van der Waals surface area contributed by atoms with Gasteiger partial charge in [0.05, 0.1) is 5.52 Å². The van der Waals surface area contributed by atoms with Crippen molar-refractivity contribution in [1.82, 2.24) is 9.97 Å². The van der Waals surface area contributed by atoms with Crippen LogP contribution in [0.15, 0.2) is 65.6 Å². The summed E-state index contributed by atoms with van der Waals surface area (Å²) in [6.07, 6.45) is 1.69. The molecule has 4 heteroatoms. The van der Waals surface area contributed by atoms with E-state index in [1.807, 2.05) is 54.6 Å². The molecule has 0 spiro atoms. The van der Waals surface area contributed by atoms with E-state index in [9.17, 15) is 4.79 Å². The molecule has 94 valence electrons. The zero-order chi connectivity index (χ0) is 12.4. The number of halogens is 1. The predicted octanol–water partition coefficient (Wildman–Crippen LogP) is 3.08. The largest absolute Gasteiger partial charge is 0.296 e.